The van der Waals surface area contributed by atoms with Crippen molar-refractivity contribution in [3.63, 3.8) is 0 Å². The highest BCUT2D eigenvalue weighted by Crippen LogP contribution is 2.18. The second-order valence-electron chi connectivity index (χ2n) is 7.07. The molecular weight excluding hydrogens is 300 g/mol. The molecule has 1 N–H and O–H groups in total. The number of nitrogens with one attached hydrogen (secondary N) is 1. The maximum atomic E-state index is 11.5. The van der Waals surface area contributed by atoms with Crippen LogP contribution in [0.25, 0.3) is 10.8 Å². The van der Waals surface area contributed by atoms with Gasteiger partial charge in [0.05, 0.1) is 0 Å². The Labute approximate surface area is 144 Å². The average Bonchev–Trinajstić information content (AvgIpc) is 2.52. The lowest BCUT2D eigenvalue weighted by molar-refractivity contribution is 0.0527. The third-order valence-electron chi connectivity index (χ3n) is 3.76. The Hall–Kier alpha value is -2.10. The summed E-state index contributed by atoms with van der Waals surface area (Å²) in [6, 6.07) is 10.5. The molecule has 0 aliphatic rings. The fraction of sp³-hybridized carbons (Fsp3) is 0.500. The molecule has 2 rings (SSSR count). The standard InChI is InChI=1S/C20H28N2O2/c1-20(2,3)24-19(23)22-14-9-5-4-6-12-18-17-11-8-7-10-16(17)13-15-21-18/h7-8,10-11,13,15H,4-6,9,12,14H2,1-3H3,(H,22,23). The van der Waals surface area contributed by atoms with Gasteiger partial charge in [-0.1, -0.05) is 37.1 Å². The van der Waals surface area contributed by atoms with Crippen molar-refractivity contribution in [1.29, 1.82) is 0 Å². The molecule has 1 heterocycles. The molecule has 4 nitrogen and oxygen atoms in total. The second kappa shape index (κ2) is 8.67. The molecule has 0 spiro atoms. The molecule has 2 aromatic rings. The summed E-state index contributed by atoms with van der Waals surface area (Å²) in [5.41, 5.74) is 0.746. The number of nitrogens with zero attached hydrogens (tertiary/aromatic N) is 1. The lowest BCUT2D eigenvalue weighted by Gasteiger charge is -2.19. The number of pyridine rings is 1. The number of amides is 1. The Morgan fingerprint density at radius 3 is 2.62 bits per heavy atom. The number of carbonyl (C=O) groups excluding carboxylic acids is 1. The summed E-state index contributed by atoms with van der Waals surface area (Å²) in [7, 11) is 0. The van der Waals surface area contributed by atoms with Crippen molar-refractivity contribution >= 4 is 16.9 Å². The van der Waals surface area contributed by atoms with E-state index in [1.165, 1.54) is 16.5 Å². The zero-order valence-corrected chi connectivity index (χ0v) is 15.0. The molecular formula is C20H28N2O2. The number of ether oxygens (including phenoxy) is 1. The van der Waals surface area contributed by atoms with Crippen LogP contribution in [0.4, 0.5) is 4.79 Å². The van der Waals surface area contributed by atoms with Crippen molar-refractivity contribution in [1.82, 2.24) is 10.3 Å². The summed E-state index contributed by atoms with van der Waals surface area (Å²) in [4.78, 5) is 16.0. The minimum absolute atomic E-state index is 0.331. The molecule has 4 heteroatoms. The predicted octanol–water partition coefficient (Wildman–Crippen LogP) is 4.86. The molecule has 0 saturated heterocycles. The third-order valence-corrected chi connectivity index (χ3v) is 3.76. The number of hydrogen-bond acceptors (Lipinski definition) is 3. The Morgan fingerprint density at radius 2 is 1.83 bits per heavy atom. The lowest BCUT2D eigenvalue weighted by Crippen LogP contribution is -2.32. The van der Waals surface area contributed by atoms with E-state index in [-0.39, 0.29) is 6.09 Å². The van der Waals surface area contributed by atoms with Crippen molar-refractivity contribution in [2.45, 2.75) is 58.5 Å². The lowest BCUT2D eigenvalue weighted by atomic mass is 10.0. The normalized spacial score (nSPS) is 11.5. The number of hydrogen-bond donors (Lipinski definition) is 1. The first-order chi connectivity index (χ1) is 11.5. The van der Waals surface area contributed by atoms with Gasteiger partial charge in [-0.3, -0.25) is 4.98 Å². The van der Waals surface area contributed by atoms with Crippen molar-refractivity contribution in [2.75, 3.05) is 6.54 Å². The van der Waals surface area contributed by atoms with Crippen LogP contribution in [0.3, 0.4) is 0 Å². The molecule has 24 heavy (non-hydrogen) atoms. The first kappa shape index (κ1) is 18.2. The molecule has 0 fully saturated rings. The number of fused-ring (bicyclic) bond motifs is 1. The van der Waals surface area contributed by atoms with Gasteiger partial charge >= 0.3 is 6.09 Å². The highest BCUT2D eigenvalue weighted by Gasteiger charge is 2.15. The number of aromatic nitrogens is 1. The van der Waals surface area contributed by atoms with Gasteiger partial charge < -0.3 is 10.1 Å². The topological polar surface area (TPSA) is 51.2 Å². The van der Waals surface area contributed by atoms with Gasteiger partial charge in [-0.05, 0) is 51.5 Å². The quantitative estimate of drug-likeness (QED) is 0.738. The van der Waals surface area contributed by atoms with Gasteiger partial charge in [0.2, 0.25) is 0 Å². The first-order valence-electron chi connectivity index (χ1n) is 8.75. The second-order valence-corrected chi connectivity index (χ2v) is 7.07. The summed E-state index contributed by atoms with van der Waals surface area (Å²) in [6.07, 6.45) is 6.89. The Balaban J connectivity index is 1.62. The first-order valence-corrected chi connectivity index (χ1v) is 8.75. The average molecular weight is 328 g/mol. The monoisotopic (exact) mass is 328 g/mol. The zero-order valence-electron chi connectivity index (χ0n) is 15.0. The van der Waals surface area contributed by atoms with E-state index in [2.05, 4.69) is 40.6 Å². The van der Waals surface area contributed by atoms with Gasteiger partial charge in [0.1, 0.15) is 5.60 Å². The van der Waals surface area contributed by atoms with Gasteiger partial charge in [0.15, 0.2) is 0 Å². The van der Waals surface area contributed by atoms with Crippen LogP contribution < -0.4 is 5.32 Å². The maximum absolute atomic E-state index is 11.5. The molecule has 0 unspecified atom stereocenters. The molecule has 0 atom stereocenters. The Kier molecular flexibility index (Phi) is 6.59. The Morgan fingerprint density at radius 1 is 1.08 bits per heavy atom. The number of aryl methyl sites for hydroxylation is 1. The van der Waals surface area contributed by atoms with E-state index in [4.69, 9.17) is 4.74 Å². The SMILES string of the molecule is CC(C)(C)OC(=O)NCCCCCCc1nccc2ccccc12. The van der Waals surface area contributed by atoms with Gasteiger partial charge in [-0.25, -0.2) is 4.79 Å². The van der Waals surface area contributed by atoms with Gasteiger partial charge in [0, 0.05) is 23.8 Å². The predicted molar refractivity (Wildman–Crippen MR) is 98.2 cm³/mol. The van der Waals surface area contributed by atoms with Gasteiger partial charge in [-0.15, -0.1) is 0 Å². The van der Waals surface area contributed by atoms with E-state index in [9.17, 15) is 4.79 Å². The van der Waals surface area contributed by atoms with Crippen LogP contribution in [-0.2, 0) is 11.2 Å². The van der Waals surface area contributed by atoms with E-state index < -0.39 is 5.60 Å². The fourth-order valence-corrected chi connectivity index (χ4v) is 2.66. The van der Waals surface area contributed by atoms with E-state index in [1.807, 2.05) is 27.0 Å². The van der Waals surface area contributed by atoms with Gasteiger partial charge in [-0.2, -0.15) is 0 Å². The van der Waals surface area contributed by atoms with E-state index in [0.717, 1.165) is 32.1 Å². The molecule has 1 aromatic carbocycles. The number of carbonyl (C=O) groups is 1. The van der Waals surface area contributed by atoms with E-state index in [1.54, 1.807) is 0 Å². The van der Waals surface area contributed by atoms with Crippen LogP contribution >= 0.6 is 0 Å². The third kappa shape index (κ3) is 6.19. The highest BCUT2D eigenvalue weighted by atomic mass is 16.6. The van der Waals surface area contributed by atoms with E-state index >= 15 is 0 Å². The molecule has 130 valence electrons. The summed E-state index contributed by atoms with van der Waals surface area (Å²) in [5, 5.41) is 5.31. The summed E-state index contributed by atoms with van der Waals surface area (Å²) < 4.78 is 5.21. The van der Waals surface area contributed by atoms with Crippen LogP contribution in [0.15, 0.2) is 36.5 Å². The maximum Gasteiger partial charge on any atom is 0.407 e. The zero-order chi connectivity index (χ0) is 17.4. The molecule has 0 saturated carbocycles. The van der Waals surface area contributed by atoms with Crippen LogP contribution in [0.5, 0.6) is 0 Å². The number of unbranched alkanes of at least 4 members (excludes halogenated alkanes) is 3. The fourth-order valence-electron chi connectivity index (χ4n) is 2.66. The molecule has 0 aliphatic carbocycles. The van der Waals surface area contributed by atoms with Crippen molar-refractivity contribution < 1.29 is 9.53 Å². The summed E-state index contributed by atoms with van der Waals surface area (Å²) >= 11 is 0. The van der Waals surface area contributed by atoms with E-state index in [0.29, 0.717) is 6.54 Å². The van der Waals surface area contributed by atoms with Crippen LogP contribution in [0, 0.1) is 0 Å². The highest BCUT2D eigenvalue weighted by molar-refractivity contribution is 5.84. The van der Waals surface area contributed by atoms with Crippen molar-refractivity contribution in [3.8, 4) is 0 Å². The Bertz CT molecular complexity index is 657. The number of benzene rings is 1. The number of rotatable bonds is 7. The molecule has 0 bridgehead atoms. The largest absolute Gasteiger partial charge is 0.444 e. The van der Waals surface area contributed by atoms with Crippen LogP contribution in [-0.4, -0.2) is 23.2 Å². The molecule has 0 aliphatic heterocycles. The summed E-state index contributed by atoms with van der Waals surface area (Å²) in [5.74, 6) is 0. The van der Waals surface area contributed by atoms with Crippen molar-refractivity contribution in [2.24, 2.45) is 0 Å². The van der Waals surface area contributed by atoms with Gasteiger partial charge in [0.25, 0.3) is 0 Å². The molecule has 1 aromatic heterocycles. The minimum Gasteiger partial charge on any atom is -0.444 e. The summed E-state index contributed by atoms with van der Waals surface area (Å²) in [6.45, 7) is 6.27. The number of alkyl carbamates (subject to hydrolysis) is 1. The smallest absolute Gasteiger partial charge is 0.407 e. The van der Waals surface area contributed by atoms with Crippen LogP contribution in [0.1, 0.15) is 52.1 Å². The van der Waals surface area contributed by atoms with Crippen LogP contribution in [0.2, 0.25) is 0 Å². The van der Waals surface area contributed by atoms with Crippen molar-refractivity contribution in [3.05, 3.63) is 42.2 Å². The minimum atomic E-state index is -0.435. The molecule has 0 radical (unpaired) electrons. The molecule has 1 amide bonds.